The average Bonchev–Trinajstić information content (AvgIpc) is 4.07. The van der Waals surface area contributed by atoms with Crippen molar-refractivity contribution in [1.82, 2.24) is 15.1 Å². The fraction of sp³-hybridized carbons (Fsp3) is 0.467. The molecule has 10 nitrogen and oxygen atoms in total. The van der Waals surface area contributed by atoms with Gasteiger partial charge in [-0.05, 0) is 75.0 Å². The molecule has 5 rings (SSSR count). The second-order valence-corrected chi connectivity index (χ2v) is 15.2. The topological polar surface area (TPSA) is 143 Å². The molecule has 1 saturated heterocycles. The number of amides is 1. The van der Waals surface area contributed by atoms with Crippen molar-refractivity contribution in [3.05, 3.63) is 101 Å². The molecule has 1 aromatic rings. The zero-order valence-corrected chi connectivity index (χ0v) is 33.5. The number of nitrogens with zero attached hydrogens (tertiary/aromatic N) is 4. The molecule has 0 bridgehead atoms. The number of ether oxygens (including phenoxy) is 1. The van der Waals surface area contributed by atoms with E-state index >= 15 is 0 Å². The van der Waals surface area contributed by atoms with Gasteiger partial charge in [0.25, 0.3) is 5.91 Å². The van der Waals surface area contributed by atoms with Crippen molar-refractivity contribution in [1.29, 1.82) is 10.7 Å². The Morgan fingerprint density at radius 2 is 1.98 bits per heavy atom. The summed E-state index contributed by atoms with van der Waals surface area (Å²) >= 11 is 0. The van der Waals surface area contributed by atoms with E-state index in [-0.39, 0.29) is 28.8 Å². The van der Waals surface area contributed by atoms with E-state index in [9.17, 15) is 15.5 Å². The first-order valence-electron chi connectivity index (χ1n) is 19.9. The summed E-state index contributed by atoms with van der Waals surface area (Å²) in [5.41, 5.74) is 13.5. The summed E-state index contributed by atoms with van der Waals surface area (Å²) < 4.78 is 6.10. The van der Waals surface area contributed by atoms with Crippen LogP contribution in [0, 0.1) is 28.1 Å². The fourth-order valence-corrected chi connectivity index (χ4v) is 6.96. The predicted octanol–water partition coefficient (Wildman–Crippen LogP) is 8.03. The number of likely N-dealkylation sites (tertiary alicyclic amines) is 1. The lowest BCUT2D eigenvalue weighted by Gasteiger charge is -2.44. The predicted molar refractivity (Wildman–Crippen MR) is 226 cm³/mol. The first-order valence-corrected chi connectivity index (χ1v) is 19.9. The maximum atomic E-state index is 12.5. The van der Waals surface area contributed by atoms with Crippen LogP contribution in [-0.2, 0) is 4.79 Å². The number of carbonyl (C=O) groups is 1. The summed E-state index contributed by atoms with van der Waals surface area (Å²) in [7, 11) is 5.62. The molecule has 10 heteroatoms. The molecule has 1 heterocycles. The van der Waals surface area contributed by atoms with Gasteiger partial charge in [0.15, 0.2) is 0 Å². The highest BCUT2D eigenvalue weighted by Gasteiger charge is 2.44. The van der Waals surface area contributed by atoms with Gasteiger partial charge in [0, 0.05) is 63.1 Å². The monoisotopic (exact) mass is 744 g/mol. The summed E-state index contributed by atoms with van der Waals surface area (Å²) in [6.07, 6.45) is 23.9. The summed E-state index contributed by atoms with van der Waals surface area (Å²) in [6, 6.07) is 8.75. The van der Waals surface area contributed by atoms with E-state index in [1.54, 1.807) is 13.2 Å². The van der Waals surface area contributed by atoms with Gasteiger partial charge in [-0.25, -0.2) is 0 Å². The van der Waals surface area contributed by atoms with Crippen molar-refractivity contribution in [3.63, 3.8) is 0 Å². The largest absolute Gasteiger partial charge is 0.494 e. The van der Waals surface area contributed by atoms with Gasteiger partial charge < -0.3 is 26.0 Å². The van der Waals surface area contributed by atoms with E-state index in [0.717, 1.165) is 106 Å². The lowest BCUT2D eigenvalue weighted by molar-refractivity contribution is -0.118. The number of benzene rings is 1. The van der Waals surface area contributed by atoms with Gasteiger partial charge in [-0.15, -0.1) is 0 Å². The van der Waals surface area contributed by atoms with E-state index in [1.807, 2.05) is 25.3 Å². The molecule has 1 aliphatic heterocycles. The zero-order valence-electron chi connectivity index (χ0n) is 33.5. The van der Waals surface area contributed by atoms with E-state index in [1.165, 1.54) is 11.1 Å². The molecule has 0 unspecified atom stereocenters. The Labute approximate surface area is 328 Å². The smallest absolute Gasteiger partial charge is 0.250 e. The number of nitrogens with one attached hydrogen (secondary N) is 3. The Bertz CT molecular complexity index is 1870. The van der Waals surface area contributed by atoms with E-state index < -0.39 is 0 Å². The van der Waals surface area contributed by atoms with Crippen LogP contribution in [0.1, 0.15) is 83.6 Å². The number of hydrogen-bond acceptors (Lipinski definition) is 8. The molecule has 1 aromatic carbocycles. The number of aliphatic imine (C=N–C) groups is 1. The number of nitriles is 1. The van der Waals surface area contributed by atoms with Crippen LogP contribution >= 0.6 is 0 Å². The van der Waals surface area contributed by atoms with Gasteiger partial charge in [-0.3, -0.25) is 15.1 Å². The minimum absolute atomic E-state index is 0.0488. The summed E-state index contributed by atoms with van der Waals surface area (Å²) in [5.74, 6) is 0.443. The number of hydrogen-bond donors (Lipinski definition) is 4. The Morgan fingerprint density at radius 3 is 2.56 bits per heavy atom. The highest BCUT2D eigenvalue weighted by Crippen LogP contribution is 2.51. The van der Waals surface area contributed by atoms with Crippen molar-refractivity contribution in [2.24, 2.45) is 22.1 Å². The number of nitrogens with two attached hydrogens (primary N) is 1. The quantitative estimate of drug-likeness (QED) is 0.0598. The Balaban J connectivity index is 1.35. The van der Waals surface area contributed by atoms with Crippen LogP contribution in [0.3, 0.4) is 0 Å². The molecule has 0 spiro atoms. The van der Waals surface area contributed by atoms with Gasteiger partial charge in [-0.2, -0.15) is 10.3 Å². The van der Waals surface area contributed by atoms with Gasteiger partial charge in [-0.1, -0.05) is 74.9 Å². The fourth-order valence-electron chi connectivity index (χ4n) is 6.96. The molecule has 5 N–H and O–H groups in total. The summed E-state index contributed by atoms with van der Waals surface area (Å²) in [6.45, 7) is 11.3. The van der Waals surface area contributed by atoms with Crippen molar-refractivity contribution in [3.8, 4) is 11.8 Å². The van der Waals surface area contributed by atoms with Crippen LogP contribution < -0.4 is 21.1 Å². The number of likely N-dealkylation sites (N-methyl/N-ethyl adjacent to an activating group) is 1. The molecule has 0 radical (unpaired) electrons. The highest BCUT2D eigenvalue weighted by atomic mass is 16.5. The molecular weight excluding hydrogens is 685 g/mol. The normalized spacial score (nSPS) is 19.1. The third kappa shape index (κ3) is 10.5. The van der Waals surface area contributed by atoms with Crippen LogP contribution in [-0.4, -0.2) is 74.1 Å². The second-order valence-electron chi connectivity index (χ2n) is 15.2. The van der Waals surface area contributed by atoms with E-state index in [2.05, 4.69) is 95.5 Å². The molecule has 0 atom stereocenters. The standard InChI is InChI=1S/C45H60N8O2/c1-7-9-16-35(27-52(5)36-28-53(29-36)26-32(13-8-2)15-10-14-31(3)45(30-46)23-24-45)37-19-12-20-38(43(37)55-6)50-39(25-40(47)51-44(54)34-21-22-34)41(48)42(49-4)33-17-11-18-33/h9-10,12,14-16,19-20,25,27,34,36,48-50H,3,7-8,11,13,17-18,21-24,26,28-29H2,1-2,4-6H3,(H2,47,51,54)/b14-10-,16-9-,32-15+,35-27+,39-25+,48-41?. The van der Waals surface area contributed by atoms with Gasteiger partial charge in [0.2, 0.25) is 0 Å². The Hall–Kier alpha value is -5.14. The van der Waals surface area contributed by atoms with Crippen LogP contribution in [0.15, 0.2) is 101 Å². The second kappa shape index (κ2) is 18.9. The van der Waals surface area contributed by atoms with Gasteiger partial charge in [0.1, 0.15) is 17.3 Å². The molecule has 3 aliphatic carbocycles. The van der Waals surface area contributed by atoms with Crippen molar-refractivity contribution >= 4 is 28.7 Å². The number of amidine groups is 1. The Morgan fingerprint density at radius 1 is 1.24 bits per heavy atom. The molecule has 4 aliphatic rings. The number of allylic oxidation sites excluding steroid dienone is 8. The van der Waals surface area contributed by atoms with Crippen LogP contribution in [0.5, 0.6) is 5.75 Å². The number of anilines is 1. The van der Waals surface area contributed by atoms with Crippen molar-refractivity contribution in [2.45, 2.75) is 84.1 Å². The van der Waals surface area contributed by atoms with Crippen LogP contribution in [0.25, 0.3) is 5.57 Å². The molecule has 3 saturated carbocycles. The molecule has 55 heavy (non-hydrogen) atoms. The SMILES string of the molecule is C=C(/C=C\C=C(/CCC)CN1CC(N(C)/C=C(\C=C/CC)c2cccc(N/C(=C/C(N)=NC(=O)C3CC3)C(=N)C(NC)=C3CCC3)c2OC)C1)C1(C#N)CC1. The lowest BCUT2D eigenvalue weighted by Crippen LogP contribution is -2.57. The molecule has 292 valence electrons. The third-order valence-corrected chi connectivity index (χ3v) is 10.9. The third-order valence-electron chi connectivity index (χ3n) is 10.9. The van der Waals surface area contributed by atoms with E-state index in [0.29, 0.717) is 23.2 Å². The lowest BCUT2D eigenvalue weighted by atomic mass is 9.88. The summed E-state index contributed by atoms with van der Waals surface area (Å²) in [4.78, 5) is 21.4. The van der Waals surface area contributed by atoms with Crippen molar-refractivity contribution in [2.75, 3.05) is 46.2 Å². The molecule has 1 amide bonds. The maximum Gasteiger partial charge on any atom is 0.250 e. The van der Waals surface area contributed by atoms with Gasteiger partial charge in [0.05, 0.1) is 41.7 Å². The minimum Gasteiger partial charge on any atom is -0.494 e. The number of rotatable bonds is 20. The number of methoxy groups -OCH3 is 1. The highest BCUT2D eigenvalue weighted by molar-refractivity contribution is 6.16. The first kappa shape index (κ1) is 41.0. The van der Waals surface area contributed by atoms with Crippen molar-refractivity contribution < 1.29 is 9.53 Å². The number of para-hydroxylation sites is 1. The van der Waals surface area contributed by atoms with E-state index in [4.69, 9.17) is 10.5 Å². The first-order chi connectivity index (χ1) is 26.6. The minimum atomic E-state index is -0.334. The maximum absolute atomic E-state index is 12.5. The zero-order chi connectivity index (χ0) is 39.5. The van der Waals surface area contributed by atoms with Gasteiger partial charge >= 0.3 is 0 Å². The molecule has 4 fully saturated rings. The number of carbonyl (C=O) groups excluding carboxylic acids is 1. The Kier molecular flexibility index (Phi) is 14.1. The van der Waals surface area contributed by atoms with Crippen LogP contribution in [0.2, 0.25) is 0 Å². The van der Waals surface area contributed by atoms with Crippen LogP contribution in [0.4, 0.5) is 5.69 Å². The average molecular weight is 745 g/mol. The molecular formula is C45H60N8O2. The summed E-state index contributed by atoms with van der Waals surface area (Å²) in [5, 5.41) is 25.4. The molecule has 0 aromatic heterocycles.